The molecule has 5 nitrogen and oxygen atoms in total. The van der Waals surface area contributed by atoms with E-state index in [0.717, 1.165) is 41.6 Å². The Morgan fingerprint density at radius 2 is 2.13 bits per heavy atom. The molecule has 1 unspecified atom stereocenters. The maximum Gasteiger partial charge on any atom is 0.260 e. The van der Waals surface area contributed by atoms with Crippen molar-refractivity contribution in [2.24, 2.45) is 5.92 Å². The molecular weight excluding hydrogens is 414 g/mol. The number of amides is 1. The number of hydrogen-bond acceptors (Lipinski definition) is 5. The van der Waals surface area contributed by atoms with Gasteiger partial charge in [0, 0.05) is 10.6 Å². The molecule has 1 aliphatic rings. The molecule has 4 rings (SSSR count). The molecule has 0 fully saturated rings. The first kappa shape index (κ1) is 21.1. The van der Waals surface area contributed by atoms with Crippen molar-refractivity contribution in [3.8, 4) is 0 Å². The van der Waals surface area contributed by atoms with Gasteiger partial charge in [-0.1, -0.05) is 44.2 Å². The first-order chi connectivity index (χ1) is 14.5. The maximum absolute atomic E-state index is 12.7. The Morgan fingerprint density at radius 3 is 2.90 bits per heavy atom. The van der Waals surface area contributed by atoms with E-state index >= 15 is 0 Å². The van der Waals surface area contributed by atoms with Gasteiger partial charge in [-0.15, -0.1) is 11.3 Å². The van der Waals surface area contributed by atoms with E-state index in [1.165, 1.54) is 40.6 Å². The number of thioether (sulfide) groups is 1. The van der Waals surface area contributed by atoms with Crippen LogP contribution in [-0.2, 0) is 24.1 Å². The van der Waals surface area contributed by atoms with Crippen LogP contribution in [0.4, 0.5) is 5.69 Å². The number of aromatic amines is 1. The van der Waals surface area contributed by atoms with E-state index in [9.17, 15) is 9.59 Å². The lowest BCUT2D eigenvalue weighted by molar-refractivity contribution is -0.113. The molecule has 30 heavy (non-hydrogen) atoms. The van der Waals surface area contributed by atoms with Gasteiger partial charge in [0.15, 0.2) is 5.16 Å². The predicted octanol–water partition coefficient (Wildman–Crippen LogP) is 5.18. The van der Waals surface area contributed by atoms with Crippen molar-refractivity contribution in [1.29, 1.82) is 0 Å². The molecule has 1 aliphatic carbocycles. The summed E-state index contributed by atoms with van der Waals surface area (Å²) in [6, 6.07) is 8.00. The van der Waals surface area contributed by atoms with Crippen LogP contribution in [0.1, 0.15) is 49.1 Å². The summed E-state index contributed by atoms with van der Waals surface area (Å²) in [5, 5.41) is 4.17. The second-order valence-electron chi connectivity index (χ2n) is 8.04. The van der Waals surface area contributed by atoms with Gasteiger partial charge < -0.3 is 10.3 Å². The lowest BCUT2D eigenvalue weighted by atomic mass is 9.89. The molecule has 0 radical (unpaired) electrons. The Labute approximate surface area is 184 Å². The molecule has 0 bridgehead atoms. The molecule has 158 valence electrons. The van der Waals surface area contributed by atoms with Gasteiger partial charge in [-0.05, 0) is 61.3 Å². The number of nitrogens with zero attached hydrogens (tertiary/aromatic N) is 1. The van der Waals surface area contributed by atoms with Crippen LogP contribution >= 0.6 is 23.1 Å². The molecule has 0 saturated heterocycles. The van der Waals surface area contributed by atoms with Crippen molar-refractivity contribution in [3.05, 3.63) is 50.6 Å². The van der Waals surface area contributed by atoms with E-state index < -0.39 is 0 Å². The van der Waals surface area contributed by atoms with Gasteiger partial charge in [0.05, 0.1) is 11.1 Å². The first-order valence-corrected chi connectivity index (χ1v) is 12.4. The van der Waals surface area contributed by atoms with Gasteiger partial charge in [0.2, 0.25) is 5.91 Å². The SMILES string of the molecule is CCCCc1ccc(NC(=O)CSc2nc3sc4c(c3c(=O)[nH]2)CCC(C)C4)cc1. The van der Waals surface area contributed by atoms with Gasteiger partial charge in [-0.25, -0.2) is 4.98 Å². The number of hydrogen-bond donors (Lipinski definition) is 2. The normalized spacial score (nSPS) is 15.9. The number of anilines is 1. The fraction of sp³-hybridized carbons (Fsp3) is 0.435. The third-order valence-corrected chi connectivity index (χ3v) is 7.56. The van der Waals surface area contributed by atoms with E-state index in [2.05, 4.69) is 41.3 Å². The standard InChI is InChI=1S/C23H27N3O2S2/c1-3-4-5-15-7-9-16(10-8-15)24-19(27)13-29-23-25-21(28)20-17-11-6-14(2)12-18(17)30-22(20)26-23/h7-10,14H,3-6,11-13H2,1-2H3,(H,24,27)(H,25,26,28). The number of nitrogens with one attached hydrogen (secondary N) is 2. The van der Waals surface area contributed by atoms with E-state index in [1.807, 2.05) is 12.1 Å². The van der Waals surface area contributed by atoms with E-state index in [4.69, 9.17) is 0 Å². The molecule has 0 saturated carbocycles. The van der Waals surface area contributed by atoms with Crippen LogP contribution in [0.15, 0.2) is 34.2 Å². The number of fused-ring (bicyclic) bond motifs is 3. The quantitative estimate of drug-likeness (QED) is 0.391. The molecule has 1 atom stereocenters. The van der Waals surface area contributed by atoms with Gasteiger partial charge in [-0.3, -0.25) is 9.59 Å². The van der Waals surface area contributed by atoms with E-state index in [0.29, 0.717) is 11.1 Å². The first-order valence-electron chi connectivity index (χ1n) is 10.6. The van der Waals surface area contributed by atoms with Gasteiger partial charge in [-0.2, -0.15) is 0 Å². The molecule has 0 spiro atoms. The van der Waals surface area contributed by atoms with Gasteiger partial charge >= 0.3 is 0 Å². The lowest BCUT2D eigenvalue weighted by Gasteiger charge is -2.17. The number of carbonyl (C=O) groups excluding carboxylic acids is 1. The molecule has 7 heteroatoms. The molecule has 0 aliphatic heterocycles. The highest BCUT2D eigenvalue weighted by molar-refractivity contribution is 7.99. The Bertz CT molecular complexity index is 1100. The molecule has 3 aromatic rings. The van der Waals surface area contributed by atoms with Crippen LogP contribution in [0.25, 0.3) is 10.2 Å². The van der Waals surface area contributed by atoms with Gasteiger partial charge in [0.1, 0.15) is 4.83 Å². The van der Waals surface area contributed by atoms with Crippen LogP contribution < -0.4 is 10.9 Å². The summed E-state index contributed by atoms with van der Waals surface area (Å²) in [6.45, 7) is 4.43. The molecule has 1 aromatic carbocycles. The summed E-state index contributed by atoms with van der Waals surface area (Å²) in [5.41, 5.74) is 3.17. The Kier molecular flexibility index (Phi) is 6.58. The number of H-pyrrole nitrogens is 1. The van der Waals surface area contributed by atoms with Crippen molar-refractivity contribution in [3.63, 3.8) is 0 Å². The predicted molar refractivity (Wildman–Crippen MR) is 126 cm³/mol. The summed E-state index contributed by atoms with van der Waals surface area (Å²) in [6.07, 6.45) is 6.50. The molecule has 2 heterocycles. The largest absolute Gasteiger partial charge is 0.325 e. The average Bonchev–Trinajstić information content (AvgIpc) is 3.09. The number of rotatable bonds is 7. The number of aromatic nitrogens is 2. The third-order valence-electron chi connectivity index (χ3n) is 5.54. The lowest BCUT2D eigenvalue weighted by Crippen LogP contribution is -2.16. The number of carbonyl (C=O) groups is 1. The van der Waals surface area contributed by atoms with Gasteiger partial charge in [0.25, 0.3) is 5.56 Å². The topological polar surface area (TPSA) is 74.8 Å². The Hall–Kier alpha value is -2.12. The Morgan fingerprint density at radius 1 is 1.33 bits per heavy atom. The summed E-state index contributed by atoms with van der Waals surface area (Å²) in [4.78, 5) is 34.6. The molecule has 2 N–H and O–H groups in total. The summed E-state index contributed by atoms with van der Waals surface area (Å²) < 4.78 is 0. The highest BCUT2D eigenvalue weighted by atomic mass is 32.2. The second kappa shape index (κ2) is 9.35. The minimum atomic E-state index is -0.108. The monoisotopic (exact) mass is 441 g/mol. The minimum Gasteiger partial charge on any atom is -0.325 e. The van der Waals surface area contributed by atoms with Crippen molar-refractivity contribution < 1.29 is 4.79 Å². The third kappa shape index (κ3) is 4.78. The zero-order chi connectivity index (χ0) is 21.1. The number of benzene rings is 1. The summed E-state index contributed by atoms with van der Waals surface area (Å²) >= 11 is 2.90. The average molecular weight is 442 g/mol. The number of unbranched alkanes of at least 4 members (excludes halogenated alkanes) is 1. The highest BCUT2D eigenvalue weighted by Gasteiger charge is 2.23. The summed E-state index contributed by atoms with van der Waals surface area (Å²) in [5.74, 6) is 0.750. The second-order valence-corrected chi connectivity index (χ2v) is 10.1. The molecule has 2 aromatic heterocycles. The van der Waals surface area contributed by atoms with Crippen molar-refractivity contribution in [2.75, 3.05) is 11.1 Å². The molecular formula is C23H27N3O2S2. The van der Waals surface area contributed by atoms with Crippen molar-refractivity contribution in [2.45, 2.75) is 57.5 Å². The number of thiophene rings is 1. The minimum absolute atomic E-state index is 0.0855. The zero-order valence-electron chi connectivity index (χ0n) is 17.4. The molecule has 1 amide bonds. The summed E-state index contributed by atoms with van der Waals surface area (Å²) in [7, 11) is 0. The smallest absolute Gasteiger partial charge is 0.260 e. The fourth-order valence-electron chi connectivity index (χ4n) is 3.86. The van der Waals surface area contributed by atoms with E-state index in [1.54, 1.807) is 11.3 Å². The van der Waals surface area contributed by atoms with Crippen molar-refractivity contribution >= 4 is 44.9 Å². The fourth-order valence-corrected chi connectivity index (χ4v) is 5.97. The zero-order valence-corrected chi connectivity index (χ0v) is 19.0. The van der Waals surface area contributed by atoms with Crippen LogP contribution in [0.5, 0.6) is 0 Å². The van der Waals surface area contributed by atoms with Crippen LogP contribution in [0, 0.1) is 5.92 Å². The van der Waals surface area contributed by atoms with Crippen LogP contribution in [0.2, 0.25) is 0 Å². The van der Waals surface area contributed by atoms with E-state index in [-0.39, 0.29) is 17.2 Å². The highest BCUT2D eigenvalue weighted by Crippen LogP contribution is 2.36. The number of aryl methyl sites for hydroxylation is 2. The van der Waals surface area contributed by atoms with Crippen LogP contribution in [0.3, 0.4) is 0 Å². The Balaban J connectivity index is 1.39. The van der Waals surface area contributed by atoms with Crippen molar-refractivity contribution in [1.82, 2.24) is 9.97 Å². The maximum atomic E-state index is 12.7. The van der Waals surface area contributed by atoms with Crippen LogP contribution in [-0.4, -0.2) is 21.6 Å².